The normalized spacial score (nSPS) is 19.6. The highest BCUT2D eigenvalue weighted by Gasteiger charge is 2.47. The van der Waals surface area contributed by atoms with Gasteiger partial charge in [0.25, 0.3) is 5.91 Å². The lowest BCUT2D eigenvalue weighted by Crippen LogP contribution is -2.55. The van der Waals surface area contributed by atoms with Crippen LogP contribution in [0.25, 0.3) is 6.08 Å². The summed E-state index contributed by atoms with van der Waals surface area (Å²) in [7, 11) is 1.65. The summed E-state index contributed by atoms with van der Waals surface area (Å²) in [5.74, 6) is 0.791. The first-order chi connectivity index (χ1) is 15.2. The molecular formula is C29H31NO2. The van der Waals surface area contributed by atoms with E-state index in [0.717, 1.165) is 23.4 Å². The Hall–Kier alpha value is -3.33. The second-order valence-corrected chi connectivity index (χ2v) is 9.48. The summed E-state index contributed by atoms with van der Waals surface area (Å²) in [5, 5.41) is 0. The highest BCUT2D eigenvalue weighted by molar-refractivity contribution is 6.06. The molecule has 0 aromatic heterocycles. The van der Waals surface area contributed by atoms with Crippen LogP contribution in [0.3, 0.4) is 0 Å². The zero-order chi connectivity index (χ0) is 22.9. The monoisotopic (exact) mass is 425 g/mol. The minimum atomic E-state index is -0.352. The average molecular weight is 426 g/mol. The Kier molecular flexibility index (Phi) is 5.68. The number of nitrogens with zero attached hydrogens (tertiary/aromatic N) is 1. The van der Waals surface area contributed by atoms with Crippen LogP contribution in [0.15, 0.2) is 78.9 Å². The van der Waals surface area contributed by atoms with E-state index in [2.05, 4.69) is 70.2 Å². The zero-order valence-electron chi connectivity index (χ0n) is 19.6. The van der Waals surface area contributed by atoms with Crippen LogP contribution in [0.2, 0.25) is 0 Å². The predicted molar refractivity (Wildman–Crippen MR) is 132 cm³/mol. The topological polar surface area (TPSA) is 29.5 Å². The fraction of sp³-hybridized carbons (Fsp3) is 0.276. The van der Waals surface area contributed by atoms with Gasteiger partial charge >= 0.3 is 0 Å². The Labute approximate surface area is 191 Å². The largest absolute Gasteiger partial charge is 0.497 e. The van der Waals surface area contributed by atoms with Crippen molar-refractivity contribution in [2.45, 2.75) is 45.1 Å². The van der Waals surface area contributed by atoms with Gasteiger partial charge in [-0.05, 0) is 68.2 Å². The number of anilines is 1. The molecule has 3 aromatic rings. The summed E-state index contributed by atoms with van der Waals surface area (Å²) in [6, 6.07) is 24.8. The maximum Gasteiger partial charge on any atom is 0.251 e. The SMILES string of the molecule is COc1ccc(/C=C/C(=O)N2c3ccccc3[C@@](C)(c3ccc(C)cc3)CC2(C)C)cc1. The van der Waals surface area contributed by atoms with E-state index in [-0.39, 0.29) is 16.9 Å². The number of fused-ring (bicyclic) bond motifs is 1. The minimum absolute atomic E-state index is 0.00998. The number of hydrogen-bond acceptors (Lipinski definition) is 2. The van der Waals surface area contributed by atoms with Crippen molar-refractivity contribution in [3.63, 3.8) is 0 Å². The van der Waals surface area contributed by atoms with Crippen molar-refractivity contribution in [3.05, 3.63) is 101 Å². The number of hydrogen-bond donors (Lipinski definition) is 0. The first-order valence-electron chi connectivity index (χ1n) is 11.1. The summed E-state index contributed by atoms with van der Waals surface area (Å²) < 4.78 is 5.22. The summed E-state index contributed by atoms with van der Waals surface area (Å²) in [6.07, 6.45) is 4.38. The lowest BCUT2D eigenvalue weighted by Gasteiger charge is -2.51. The highest BCUT2D eigenvalue weighted by Crippen LogP contribution is 2.50. The third kappa shape index (κ3) is 3.95. The molecule has 1 atom stereocenters. The predicted octanol–water partition coefficient (Wildman–Crippen LogP) is 6.54. The second kappa shape index (κ2) is 8.31. The van der Waals surface area contributed by atoms with E-state index < -0.39 is 0 Å². The quantitative estimate of drug-likeness (QED) is 0.444. The number of carbonyl (C=O) groups excluding carboxylic acids is 1. The zero-order valence-corrected chi connectivity index (χ0v) is 19.6. The van der Waals surface area contributed by atoms with E-state index >= 15 is 0 Å². The Morgan fingerprint density at radius 3 is 2.25 bits per heavy atom. The van der Waals surface area contributed by atoms with Crippen LogP contribution in [0.4, 0.5) is 5.69 Å². The van der Waals surface area contributed by atoms with Gasteiger partial charge in [-0.25, -0.2) is 0 Å². The fourth-order valence-corrected chi connectivity index (χ4v) is 5.05. The van der Waals surface area contributed by atoms with Crippen molar-refractivity contribution in [1.29, 1.82) is 0 Å². The summed E-state index contributed by atoms with van der Waals surface area (Å²) >= 11 is 0. The van der Waals surface area contributed by atoms with Gasteiger partial charge in [-0.15, -0.1) is 0 Å². The van der Waals surface area contributed by atoms with Gasteiger partial charge in [0.1, 0.15) is 5.75 Å². The molecule has 0 N–H and O–H groups in total. The van der Waals surface area contributed by atoms with Crippen LogP contribution in [0.1, 0.15) is 49.4 Å². The second-order valence-electron chi connectivity index (χ2n) is 9.48. The van der Waals surface area contributed by atoms with Crippen molar-refractivity contribution in [3.8, 4) is 5.75 Å². The molecule has 4 rings (SSSR count). The number of para-hydroxylation sites is 1. The molecule has 0 fully saturated rings. The molecule has 1 heterocycles. The van der Waals surface area contributed by atoms with Gasteiger partial charge in [-0.3, -0.25) is 4.79 Å². The third-order valence-electron chi connectivity index (χ3n) is 6.57. The summed E-state index contributed by atoms with van der Waals surface area (Å²) in [5.41, 5.74) is 5.14. The Balaban J connectivity index is 1.73. The molecule has 0 saturated heterocycles. The van der Waals surface area contributed by atoms with Crippen molar-refractivity contribution in [2.75, 3.05) is 12.0 Å². The fourth-order valence-electron chi connectivity index (χ4n) is 5.05. The summed E-state index contributed by atoms with van der Waals surface area (Å²) in [4.78, 5) is 15.4. The molecule has 0 aliphatic carbocycles. The lowest BCUT2D eigenvalue weighted by molar-refractivity contribution is -0.115. The van der Waals surface area contributed by atoms with Gasteiger partial charge in [-0.1, -0.05) is 67.1 Å². The number of aryl methyl sites for hydroxylation is 1. The molecule has 0 unspecified atom stereocenters. The maximum absolute atomic E-state index is 13.5. The molecule has 0 spiro atoms. The molecule has 3 heteroatoms. The molecular weight excluding hydrogens is 394 g/mol. The molecule has 0 saturated carbocycles. The highest BCUT2D eigenvalue weighted by atomic mass is 16.5. The van der Waals surface area contributed by atoms with E-state index in [9.17, 15) is 4.79 Å². The third-order valence-corrected chi connectivity index (χ3v) is 6.57. The number of methoxy groups -OCH3 is 1. The van der Waals surface area contributed by atoms with Crippen LogP contribution in [-0.4, -0.2) is 18.6 Å². The van der Waals surface area contributed by atoms with Gasteiger partial charge in [0.2, 0.25) is 0 Å². The first kappa shape index (κ1) is 21.9. The molecule has 1 aliphatic rings. The van der Waals surface area contributed by atoms with Crippen LogP contribution in [-0.2, 0) is 10.2 Å². The van der Waals surface area contributed by atoms with E-state index in [1.165, 1.54) is 16.7 Å². The maximum atomic E-state index is 13.5. The Morgan fingerprint density at radius 2 is 1.59 bits per heavy atom. The van der Waals surface area contributed by atoms with E-state index in [1.54, 1.807) is 13.2 Å². The molecule has 3 aromatic carbocycles. The number of rotatable bonds is 4. The smallest absolute Gasteiger partial charge is 0.251 e. The van der Waals surface area contributed by atoms with E-state index in [0.29, 0.717) is 0 Å². The number of amides is 1. The lowest BCUT2D eigenvalue weighted by atomic mass is 9.65. The average Bonchev–Trinajstić information content (AvgIpc) is 2.78. The molecule has 164 valence electrons. The molecule has 1 amide bonds. The number of ether oxygens (including phenoxy) is 1. The van der Waals surface area contributed by atoms with Crippen LogP contribution < -0.4 is 9.64 Å². The molecule has 3 nitrogen and oxygen atoms in total. The van der Waals surface area contributed by atoms with Crippen molar-refractivity contribution in [2.24, 2.45) is 0 Å². The van der Waals surface area contributed by atoms with Gasteiger partial charge in [0.15, 0.2) is 0 Å². The summed E-state index contributed by atoms with van der Waals surface area (Å²) in [6.45, 7) is 8.73. The van der Waals surface area contributed by atoms with Gasteiger partial charge in [0.05, 0.1) is 7.11 Å². The van der Waals surface area contributed by atoms with Crippen molar-refractivity contribution < 1.29 is 9.53 Å². The Morgan fingerprint density at radius 1 is 0.938 bits per heavy atom. The van der Waals surface area contributed by atoms with Gasteiger partial charge in [-0.2, -0.15) is 0 Å². The first-order valence-corrected chi connectivity index (χ1v) is 11.1. The van der Waals surface area contributed by atoms with E-state index in [4.69, 9.17) is 4.74 Å². The van der Waals surface area contributed by atoms with Crippen LogP contribution >= 0.6 is 0 Å². The van der Waals surface area contributed by atoms with Gasteiger partial charge < -0.3 is 9.64 Å². The minimum Gasteiger partial charge on any atom is -0.497 e. The van der Waals surface area contributed by atoms with Crippen LogP contribution in [0.5, 0.6) is 5.75 Å². The number of carbonyl (C=O) groups is 1. The number of benzene rings is 3. The molecule has 0 bridgehead atoms. The van der Waals surface area contributed by atoms with Crippen molar-refractivity contribution in [1.82, 2.24) is 0 Å². The van der Waals surface area contributed by atoms with Crippen molar-refractivity contribution >= 4 is 17.7 Å². The standard InChI is InChI=1S/C29H31NO2/c1-21-10-15-23(16-11-21)29(4)20-28(2,3)30(26-9-7-6-8-25(26)29)27(31)19-14-22-12-17-24(32-5)18-13-22/h6-19H,20H2,1-5H3/b19-14+/t29-/m1/s1. The molecule has 1 aliphatic heterocycles. The van der Waals surface area contributed by atoms with Crippen LogP contribution in [0, 0.1) is 6.92 Å². The van der Waals surface area contributed by atoms with Gasteiger partial charge in [0, 0.05) is 22.7 Å². The Bertz CT molecular complexity index is 1140. The molecule has 0 radical (unpaired) electrons. The molecule has 32 heavy (non-hydrogen) atoms. The van der Waals surface area contributed by atoms with E-state index in [1.807, 2.05) is 41.3 Å².